The molecular formula is C17H23NO3. The summed E-state index contributed by atoms with van der Waals surface area (Å²) in [6.45, 7) is 3.74. The number of hydrogen-bond donors (Lipinski definition) is 1. The van der Waals surface area contributed by atoms with Gasteiger partial charge in [0.25, 0.3) is 5.91 Å². The number of carbonyl (C=O) groups is 1. The van der Waals surface area contributed by atoms with E-state index in [0.29, 0.717) is 17.5 Å². The molecule has 1 N–H and O–H groups in total. The Bertz CT molecular complexity index is 493. The second-order valence-electron chi connectivity index (χ2n) is 5.32. The zero-order valence-corrected chi connectivity index (χ0v) is 12.6. The van der Waals surface area contributed by atoms with Crippen molar-refractivity contribution in [2.24, 2.45) is 0 Å². The molecule has 0 saturated heterocycles. The maximum Gasteiger partial charge on any atom is 0.258 e. The number of nitrogens with one attached hydrogen (secondary N) is 1. The average Bonchev–Trinajstić information content (AvgIpc) is 2.99. The molecule has 1 aromatic rings. The van der Waals surface area contributed by atoms with E-state index in [-0.39, 0.29) is 12.5 Å². The standard InChI is InChI=1S/C17H23NO3/c1-3-6-13-9-10-15(16(11-13)20-2)21-12-17(19)18-14-7-4-5-8-14/h3,9-11,14H,1,4-8,12H2,2H3,(H,18,19). The fourth-order valence-electron chi connectivity index (χ4n) is 2.61. The van der Waals surface area contributed by atoms with Crippen molar-refractivity contribution in [3.8, 4) is 11.5 Å². The summed E-state index contributed by atoms with van der Waals surface area (Å²) in [7, 11) is 1.60. The van der Waals surface area contributed by atoms with E-state index in [1.54, 1.807) is 7.11 Å². The molecule has 0 bridgehead atoms. The number of amides is 1. The number of hydrogen-bond acceptors (Lipinski definition) is 3. The quantitative estimate of drug-likeness (QED) is 0.785. The Hall–Kier alpha value is -1.97. The van der Waals surface area contributed by atoms with E-state index in [1.165, 1.54) is 12.8 Å². The van der Waals surface area contributed by atoms with E-state index in [0.717, 1.165) is 24.8 Å². The van der Waals surface area contributed by atoms with Gasteiger partial charge in [-0.2, -0.15) is 0 Å². The second-order valence-corrected chi connectivity index (χ2v) is 5.32. The van der Waals surface area contributed by atoms with Gasteiger partial charge in [0.1, 0.15) is 0 Å². The van der Waals surface area contributed by atoms with Gasteiger partial charge in [-0.05, 0) is 37.0 Å². The molecule has 1 aliphatic carbocycles. The molecule has 0 radical (unpaired) electrons. The van der Waals surface area contributed by atoms with Gasteiger partial charge in [0, 0.05) is 6.04 Å². The molecule has 0 unspecified atom stereocenters. The highest BCUT2D eigenvalue weighted by Crippen LogP contribution is 2.28. The minimum atomic E-state index is -0.0703. The minimum Gasteiger partial charge on any atom is -0.493 e. The van der Waals surface area contributed by atoms with Gasteiger partial charge in [0.05, 0.1) is 7.11 Å². The van der Waals surface area contributed by atoms with Crippen LogP contribution in [0.1, 0.15) is 31.2 Å². The molecule has 1 amide bonds. The summed E-state index contributed by atoms with van der Waals surface area (Å²) in [4.78, 5) is 11.9. The van der Waals surface area contributed by atoms with Gasteiger partial charge in [-0.3, -0.25) is 4.79 Å². The van der Waals surface area contributed by atoms with Gasteiger partial charge in [-0.25, -0.2) is 0 Å². The largest absolute Gasteiger partial charge is 0.493 e. The Morgan fingerprint density at radius 2 is 2.14 bits per heavy atom. The highest BCUT2D eigenvalue weighted by atomic mass is 16.5. The van der Waals surface area contributed by atoms with Crippen LogP contribution in [0.4, 0.5) is 0 Å². The molecule has 1 aliphatic rings. The maximum absolute atomic E-state index is 11.9. The van der Waals surface area contributed by atoms with Crippen molar-refractivity contribution < 1.29 is 14.3 Å². The summed E-state index contributed by atoms with van der Waals surface area (Å²) < 4.78 is 10.9. The third-order valence-corrected chi connectivity index (χ3v) is 3.69. The zero-order chi connectivity index (χ0) is 15.1. The van der Waals surface area contributed by atoms with Crippen LogP contribution in [0.2, 0.25) is 0 Å². The molecule has 114 valence electrons. The van der Waals surface area contributed by atoms with Gasteiger partial charge >= 0.3 is 0 Å². The van der Waals surface area contributed by atoms with Gasteiger partial charge in [0.15, 0.2) is 18.1 Å². The molecule has 1 aromatic carbocycles. The number of benzene rings is 1. The van der Waals surface area contributed by atoms with Crippen LogP contribution < -0.4 is 14.8 Å². The molecule has 21 heavy (non-hydrogen) atoms. The zero-order valence-electron chi connectivity index (χ0n) is 12.6. The molecule has 0 spiro atoms. The molecule has 4 nitrogen and oxygen atoms in total. The van der Waals surface area contributed by atoms with Gasteiger partial charge < -0.3 is 14.8 Å². The molecule has 0 heterocycles. The lowest BCUT2D eigenvalue weighted by atomic mass is 10.1. The molecule has 0 aromatic heterocycles. The Balaban J connectivity index is 1.89. The van der Waals surface area contributed by atoms with Crippen LogP contribution in [-0.4, -0.2) is 25.7 Å². The Labute approximate surface area is 126 Å². The average molecular weight is 289 g/mol. The summed E-state index contributed by atoms with van der Waals surface area (Å²) in [6, 6.07) is 6.01. The van der Waals surface area contributed by atoms with Crippen LogP contribution in [0, 0.1) is 0 Å². The molecule has 0 atom stereocenters. The van der Waals surface area contributed by atoms with Crippen molar-refractivity contribution in [3.05, 3.63) is 36.4 Å². The van der Waals surface area contributed by atoms with Crippen molar-refractivity contribution >= 4 is 5.91 Å². The molecular weight excluding hydrogens is 266 g/mol. The minimum absolute atomic E-state index is 0.0215. The topological polar surface area (TPSA) is 47.6 Å². The third-order valence-electron chi connectivity index (χ3n) is 3.69. The lowest BCUT2D eigenvalue weighted by Gasteiger charge is -2.14. The number of ether oxygens (including phenoxy) is 2. The van der Waals surface area contributed by atoms with E-state index in [4.69, 9.17) is 9.47 Å². The maximum atomic E-state index is 11.9. The fourth-order valence-corrected chi connectivity index (χ4v) is 2.61. The normalized spacial score (nSPS) is 14.7. The Morgan fingerprint density at radius 1 is 1.38 bits per heavy atom. The Kier molecular flexibility index (Phi) is 5.67. The molecule has 2 rings (SSSR count). The summed E-state index contributed by atoms with van der Waals surface area (Å²) in [6.07, 6.45) is 7.16. The van der Waals surface area contributed by atoms with Gasteiger partial charge in [0.2, 0.25) is 0 Å². The SMILES string of the molecule is C=CCc1ccc(OCC(=O)NC2CCCC2)c(OC)c1. The summed E-state index contributed by atoms with van der Waals surface area (Å²) in [5.74, 6) is 1.16. The van der Waals surface area contributed by atoms with Crippen LogP contribution >= 0.6 is 0 Å². The summed E-state index contributed by atoms with van der Waals surface area (Å²) in [5.41, 5.74) is 1.10. The van der Waals surface area contributed by atoms with E-state index in [1.807, 2.05) is 24.3 Å². The lowest BCUT2D eigenvalue weighted by molar-refractivity contribution is -0.123. The van der Waals surface area contributed by atoms with Crippen molar-refractivity contribution in [2.75, 3.05) is 13.7 Å². The first-order valence-corrected chi connectivity index (χ1v) is 7.43. The van der Waals surface area contributed by atoms with Crippen LogP contribution in [0.25, 0.3) is 0 Å². The van der Waals surface area contributed by atoms with Crippen molar-refractivity contribution in [3.63, 3.8) is 0 Å². The number of carbonyl (C=O) groups excluding carboxylic acids is 1. The van der Waals surface area contributed by atoms with Gasteiger partial charge in [-0.15, -0.1) is 6.58 Å². The van der Waals surface area contributed by atoms with Gasteiger partial charge in [-0.1, -0.05) is 25.0 Å². The first-order valence-electron chi connectivity index (χ1n) is 7.43. The monoisotopic (exact) mass is 289 g/mol. The first-order chi connectivity index (χ1) is 10.2. The van der Waals surface area contributed by atoms with Crippen molar-refractivity contribution in [2.45, 2.75) is 38.1 Å². The molecule has 4 heteroatoms. The third kappa shape index (κ3) is 4.52. The molecule has 0 aliphatic heterocycles. The fraction of sp³-hybridized carbons (Fsp3) is 0.471. The van der Waals surface area contributed by atoms with E-state index in [2.05, 4.69) is 11.9 Å². The summed E-state index contributed by atoms with van der Waals surface area (Å²) >= 11 is 0. The molecule has 1 saturated carbocycles. The predicted octanol–water partition coefficient (Wildman–Crippen LogP) is 2.86. The summed E-state index contributed by atoms with van der Waals surface area (Å²) in [5, 5.41) is 3.00. The lowest BCUT2D eigenvalue weighted by Crippen LogP contribution is -2.36. The van der Waals surface area contributed by atoms with Crippen LogP contribution in [0.3, 0.4) is 0 Å². The number of methoxy groups -OCH3 is 1. The highest BCUT2D eigenvalue weighted by molar-refractivity contribution is 5.78. The van der Waals surface area contributed by atoms with Crippen molar-refractivity contribution in [1.82, 2.24) is 5.32 Å². The van der Waals surface area contributed by atoms with Crippen molar-refractivity contribution in [1.29, 1.82) is 0 Å². The number of rotatable bonds is 7. The van der Waals surface area contributed by atoms with E-state index < -0.39 is 0 Å². The smallest absolute Gasteiger partial charge is 0.258 e. The predicted molar refractivity (Wildman–Crippen MR) is 82.8 cm³/mol. The van der Waals surface area contributed by atoms with Crippen LogP contribution in [-0.2, 0) is 11.2 Å². The molecule has 1 fully saturated rings. The van der Waals surface area contributed by atoms with E-state index >= 15 is 0 Å². The van der Waals surface area contributed by atoms with E-state index in [9.17, 15) is 4.79 Å². The number of allylic oxidation sites excluding steroid dienone is 1. The second kappa shape index (κ2) is 7.72. The Morgan fingerprint density at radius 3 is 2.81 bits per heavy atom. The highest BCUT2D eigenvalue weighted by Gasteiger charge is 2.17. The van der Waals surface area contributed by atoms with Crippen LogP contribution in [0.15, 0.2) is 30.9 Å². The van der Waals surface area contributed by atoms with Crippen LogP contribution in [0.5, 0.6) is 11.5 Å². The first kappa shape index (κ1) is 15.4.